The minimum Gasteiger partial charge on any atom is -0.381 e. The van der Waals surface area contributed by atoms with Crippen LogP contribution in [0.15, 0.2) is 23.3 Å². The Morgan fingerprint density at radius 1 is 1.17 bits per heavy atom. The van der Waals surface area contributed by atoms with Gasteiger partial charge in [0, 0.05) is 7.11 Å². The average molecular weight is 252 g/mol. The molecule has 1 atom stereocenters. The van der Waals surface area contributed by atoms with Gasteiger partial charge in [0.25, 0.3) is 0 Å². The van der Waals surface area contributed by atoms with Crippen LogP contribution in [0.25, 0.3) is 0 Å². The summed E-state index contributed by atoms with van der Waals surface area (Å²) in [4.78, 5) is 0. The predicted octanol–water partition coefficient (Wildman–Crippen LogP) is 4.26. The molecular formula is C16H28O2. The zero-order valence-corrected chi connectivity index (χ0v) is 12.6. The summed E-state index contributed by atoms with van der Waals surface area (Å²) >= 11 is 0. The topological polar surface area (TPSA) is 21.8 Å². The molecule has 0 radical (unpaired) electrons. The van der Waals surface area contributed by atoms with Gasteiger partial charge < -0.3 is 9.47 Å². The van der Waals surface area contributed by atoms with Crippen LogP contribution in [0.3, 0.4) is 0 Å². The van der Waals surface area contributed by atoms with Gasteiger partial charge in [0.15, 0.2) is 0 Å². The molecule has 1 heterocycles. The summed E-state index contributed by atoms with van der Waals surface area (Å²) in [5.41, 5.74) is 3.04. The van der Waals surface area contributed by atoms with Crippen LogP contribution in [0.1, 0.15) is 53.4 Å². The van der Waals surface area contributed by atoms with Crippen molar-refractivity contribution in [2.24, 2.45) is 0 Å². The summed E-state index contributed by atoms with van der Waals surface area (Å²) in [5.74, 6) is 0. The van der Waals surface area contributed by atoms with Crippen molar-refractivity contribution < 1.29 is 9.47 Å². The maximum absolute atomic E-state index is 5.59. The smallest absolute Gasteiger partial charge is 0.0892 e. The highest BCUT2D eigenvalue weighted by atomic mass is 16.6. The molecule has 2 nitrogen and oxygen atoms in total. The first-order valence-electron chi connectivity index (χ1n) is 6.93. The summed E-state index contributed by atoms with van der Waals surface area (Å²) in [5, 5.41) is 0. The molecule has 1 rings (SSSR count). The Morgan fingerprint density at radius 2 is 1.78 bits per heavy atom. The van der Waals surface area contributed by atoms with E-state index in [4.69, 9.17) is 9.47 Å². The van der Waals surface area contributed by atoms with E-state index >= 15 is 0 Å². The Labute approximate surface area is 112 Å². The van der Waals surface area contributed by atoms with Gasteiger partial charge in [-0.1, -0.05) is 23.3 Å². The molecule has 0 aromatic heterocycles. The van der Waals surface area contributed by atoms with Gasteiger partial charge in [-0.15, -0.1) is 0 Å². The Morgan fingerprint density at radius 3 is 2.33 bits per heavy atom. The minimum atomic E-state index is 0.139. The van der Waals surface area contributed by atoms with E-state index < -0.39 is 0 Å². The molecule has 1 fully saturated rings. The van der Waals surface area contributed by atoms with Crippen molar-refractivity contribution in [3.8, 4) is 0 Å². The normalized spacial score (nSPS) is 23.3. The SMILES string of the molecule is COCC=C(C)CCC=C(C)CCC1OC1(C)C. The molecule has 0 aromatic rings. The van der Waals surface area contributed by atoms with Crippen LogP contribution in [-0.4, -0.2) is 25.4 Å². The quantitative estimate of drug-likeness (QED) is 0.475. The second kappa shape index (κ2) is 7.10. The number of allylic oxidation sites excluding steroid dienone is 3. The van der Waals surface area contributed by atoms with E-state index in [-0.39, 0.29) is 5.60 Å². The molecule has 1 saturated heterocycles. The van der Waals surface area contributed by atoms with E-state index in [1.807, 2.05) is 0 Å². The maximum Gasteiger partial charge on any atom is 0.0892 e. The lowest BCUT2D eigenvalue weighted by atomic mass is 10.0. The van der Waals surface area contributed by atoms with E-state index in [9.17, 15) is 0 Å². The third-order valence-electron chi connectivity index (χ3n) is 3.59. The number of methoxy groups -OCH3 is 1. The molecule has 18 heavy (non-hydrogen) atoms. The molecule has 1 unspecified atom stereocenters. The molecule has 0 aromatic carbocycles. The van der Waals surface area contributed by atoms with Crippen molar-refractivity contribution in [3.05, 3.63) is 23.3 Å². The first-order valence-corrected chi connectivity index (χ1v) is 6.93. The van der Waals surface area contributed by atoms with Crippen molar-refractivity contribution in [1.29, 1.82) is 0 Å². The van der Waals surface area contributed by atoms with Gasteiger partial charge in [0.1, 0.15) is 0 Å². The molecule has 0 N–H and O–H groups in total. The third kappa shape index (κ3) is 5.83. The van der Waals surface area contributed by atoms with Crippen molar-refractivity contribution in [1.82, 2.24) is 0 Å². The van der Waals surface area contributed by atoms with E-state index in [2.05, 4.69) is 39.8 Å². The third-order valence-corrected chi connectivity index (χ3v) is 3.59. The van der Waals surface area contributed by atoms with Crippen molar-refractivity contribution in [2.75, 3.05) is 13.7 Å². The van der Waals surface area contributed by atoms with Crippen LogP contribution in [0.5, 0.6) is 0 Å². The lowest BCUT2D eigenvalue weighted by Gasteiger charge is -2.02. The number of epoxide rings is 1. The van der Waals surface area contributed by atoms with E-state index in [0.29, 0.717) is 6.10 Å². The average Bonchev–Trinajstić information content (AvgIpc) is 2.92. The van der Waals surface area contributed by atoms with Crippen LogP contribution in [0.4, 0.5) is 0 Å². The molecule has 1 aliphatic rings. The molecule has 0 bridgehead atoms. The highest BCUT2D eigenvalue weighted by Gasteiger charge is 2.46. The second-order valence-electron chi connectivity index (χ2n) is 5.84. The highest BCUT2D eigenvalue weighted by Crippen LogP contribution is 2.38. The molecule has 104 valence electrons. The lowest BCUT2D eigenvalue weighted by Crippen LogP contribution is -2.02. The zero-order valence-electron chi connectivity index (χ0n) is 12.6. The largest absolute Gasteiger partial charge is 0.381 e. The maximum atomic E-state index is 5.59. The Kier molecular flexibility index (Phi) is 6.10. The van der Waals surface area contributed by atoms with E-state index in [1.165, 1.54) is 11.1 Å². The molecule has 2 heteroatoms. The van der Waals surface area contributed by atoms with Crippen LogP contribution in [0.2, 0.25) is 0 Å². The van der Waals surface area contributed by atoms with Crippen molar-refractivity contribution in [3.63, 3.8) is 0 Å². The Balaban J connectivity index is 2.14. The fraction of sp³-hybridized carbons (Fsp3) is 0.750. The van der Waals surface area contributed by atoms with Crippen molar-refractivity contribution in [2.45, 2.75) is 65.1 Å². The molecular weight excluding hydrogens is 224 g/mol. The van der Waals surface area contributed by atoms with E-state index in [0.717, 1.165) is 32.3 Å². The van der Waals surface area contributed by atoms with Crippen LogP contribution >= 0.6 is 0 Å². The zero-order chi connectivity index (χ0) is 13.6. The number of rotatable bonds is 8. The number of hydrogen-bond acceptors (Lipinski definition) is 2. The van der Waals surface area contributed by atoms with Crippen LogP contribution < -0.4 is 0 Å². The van der Waals surface area contributed by atoms with Gasteiger partial charge in [-0.3, -0.25) is 0 Å². The number of ether oxygens (including phenoxy) is 2. The molecule has 0 spiro atoms. The van der Waals surface area contributed by atoms with E-state index in [1.54, 1.807) is 7.11 Å². The Bertz CT molecular complexity index is 313. The summed E-state index contributed by atoms with van der Waals surface area (Å²) in [6.07, 6.45) is 9.58. The molecule has 0 aliphatic carbocycles. The highest BCUT2D eigenvalue weighted by molar-refractivity contribution is 5.05. The molecule has 1 aliphatic heterocycles. The predicted molar refractivity (Wildman–Crippen MR) is 76.8 cm³/mol. The number of hydrogen-bond donors (Lipinski definition) is 0. The van der Waals surface area contributed by atoms with Gasteiger partial charge in [0.2, 0.25) is 0 Å². The van der Waals surface area contributed by atoms with Gasteiger partial charge in [0.05, 0.1) is 18.3 Å². The van der Waals surface area contributed by atoms with Crippen LogP contribution in [-0.2, 0) is 9.47 Å². The van der Waals surface area contributed by atoms with Crippen molar-refractivity contribution >= 4 is 0 Å². The fourth-order valence-electron chi connectivity index (χ4n) is 2.07. The minimum absolute atomic E-state index is 0.139. The molecule has 0 amide bonds. The summed E-state index contributed by atoms with van der Waals surface area (Å²) in [6, 6.07) is 0. The van der Waals surface area contributed by atoms with Gasteiger partial charge in [-0.25, -0.2) is 0 Å². The second-order valence-corrected chi connectivity index (χ2v) is 5.84. The Hall–Kier alpha value is -0.600. The summed E-state index contributed by atoms with van der Waals surface area (Å²) in [7, 11) is 1.73. The van der Waals surface area contributed by atoms with Crippen LogP contribution in [0, 0.1) is 0 Å². The first kappa shape index (κ1) is 15.5. The summed E-state index contributed by atoms with van der Waals surface area (Å²) in [6.45, 7) is 9.45. The standard InChI is InChI=1S/C16H28O2/c1-13(9-10-15-16(3,4)18-15)7-6-8-14(2)11-12-17-5/h7,11,15H,6,8-10,12H2,1-5H3. The summed E-state index contributed by atoms with van der Waals surface area (Å²) < 4.78 is 10.6. The lowest BCUT2D eigenvalue weighted by molar-refractivity contribution is 0.233. The van der Waals surface area contributed by atoms with Gasteiger partial charge in [-0.05, 0) is 53.4 Å². The molecule has 0 saturated carbocycles. The van der Waals surface area contributed by atoms with Gasteiger partial charge >= 0.3 is 0 Å². The van der Waals surface area contributed by atoms with Gasteiger partial charge in [-0.2, -0.15) is 0 Å². The fourth-order valence-corrected chi connectivity index (χ4v) is 2.07. The monoisotopic (exact) mass is 252 g/mol. The first-order chi connectivity index (χ1) is 8.45.